The lowest BCUT2D eigenvalue weighted by Crippen LogP contribution is -2.27. The fraction of sp³-hybridized carbons (Fsp3) is 0.393. The smallest absolute Gasteiger partial charge is 0.341 e. The van der Waals surface area contributed by atoms with Crippen molar-refractivity contribution in [3.05, 3.63) is 75.2 Å². The first-order chi connectivity index (χ1) is 16.9. The summed E-state index contributed by atoms with van der Waals surface area (Å²) in [5.74, 6) is -0.926. The summed E-state index contributed by atoms with van der Waals surface area (Å²) in [6, 6.07) is 8.94. The molecule has 2 aliphatic carbocycles. The van der Waals surface area contributed by atoms with Crippen molar-refractivity contribution in [1.82, 2.24) is 0 Å². The number of allylic oxidation sites excluding steroid dienone is 3. The van der Waals surface area contributed by atoms with Gasteiger partial charge in [-0.15, -0.1) is 11.3 Å². The quantitative estimate of drug-likeness (QED) is 0.483. The molecule has 1 heterocycles. The molecular weight excluding hydrogens is 462 g/mol. The highest BCUT2D eigenvalue weighted by Gasteiger charge is 2.32. The maximum absolute atomic E-state index is 13.5. The Hall–Kier alpha value is -3.19. The molecule has 184 valence electrons. The molecule has 2 aliphatic rings. The summed E-state index contributed by atoms with van der Waals surface area (Å²) in [6.07, 6.45) is 6.49. The molecule has 1 aromatic carbocycles. The minimum atomic E-state index is -1.15. The molecule has 0 aliphatic heterocycles. The van der Waals surface area contributed by atoms with Crippen LogP contribution in [-0.4, -0.2) is 24.5 Å². The molecule has 0 fully saturated rings. The number of hydrogen-bond donors (Lipinski definition) is 1. The lowest BCUT2D eigenvalue weighted by atomic mass is 9.88. The summed E-state index contributed by atoms with van der Waals surface area (Å²) in [5.41, 5.74) is 3.69. The van der Waals surface area contributed by atoms with E-state index in [1.807, 2.05) is 19.1 Å². The van der Waals surface area contributed by atoms with Crippen molar-refractivity contribution in [2.24, 2.45) is 5.92 Å². The maximum atomic E-state index is 13.5. The van der Waals surface area contributed by atoms with Crippen LogP contribution in [0.3, 0.4) is 0 Å². The Balaban J connectivity index is 1.63. The Kier molecular flexibility index (Phi) is 7.86. The topological polar surface area (TPSA) is 81.7 Å². The first-order valence-electron chi connectivity index (χ1n) is 12.1. The third-order valence-corrected chi connectivity index (χ3v) is 7.58. The number of rotatable bonds is 7. The third kappa shape index (κ3) is 5.73. The summed E-state index contributed by atoms with van der Waals surface area (Å²) in [6.45, 7) is 6.22. The van der Waals surface area contributed by atoms with E-state index in [1.54, 1.807) is 37.3 Å². The van der Waals surface area contributed by atoms with E-state index in [2.05, 4.69) is 12.2 Å². The summed E-state index contributed by atoms with van der Waals surface area (Å²) < 4.78 is 11.1. The Labute approximate surface area is 210 Å². The number of thiophene rings is 1. The largest absolute Gasteiger partial charge is 0.462 e. The molecule has 0 bridgehead atoms. The van der Waals surface area contributed by atoms with Gasteiger partial charge in [-0.05, 0) is 57.4 Å². The second kappa shape index (κ2) is 11.0. The first kappa shape index (κ1) is 24.9. The predicted molar refractivity (Wildman–Crippen MR) is 136 cm³/mol. The SMILES string of the molecule is CCOC(=O)c1c(NC(=O)[C@H](OC(=O)C2=CC=C(C)CC2)c2ccccc2)sc2c1CC[C@H](C)C2. The van der Waals surface area contributed by atoms with Crippen LogP contribution >= 0.6 is 11.3 Å². The van der Waals surface area contributed by atoms with E-state index in [1.165, 1.54) is 16.9 Å². The second-order valence-corrected chi connectivity index (χ2v) is 10.3. The molecule has 2 atom stereocenters. The number of benzene rings is 1. The van der Waals surface area contributed by atoms with Crippen LogP contribution in [0.4, 0.5) is 5.00 Å². The molecule has 0 saturated carbocycles. The van der Waals surface area contributed by atoms with E-state index >= 15 is 0 Å². The minimum absolute atomic E-state index is 0.251. The number of carbonyl (C=O) groups excluding carboxylic acids is 3. The van der Waals surface area contributed by atoms with Crippen molar-refractivity contribution in [2.75, 3.05) is 11.9 Å². The first-order valence-corrected chi connectivity index (χ1v) is 12.9. The Bertz CT molecular complexity index is 1180. The number of ether oxygens (including phenoxy) is 2. The van der Waals surface area contributed by atoms with Gasteiger partial charge in [0.15, 0.2) is 0 Å². The summed E-state index contributed by atoms with van der Waals surface area (Å²) in [5, 5.41) is 3.36. The van der Waals surface area contributed by atoms with Crippen LogP contribution in [-0.2, 0) is 31.9 Å². The third-order valence-electron chi connectivity index (χ3n) is 6.41. The van der Waals surface area contributed by atoms with Gasteiger partial charge in [0.05, 0.1) is 12.2 Å². The van der Waals surface area contributed by atoms with Crippen molar-refractivity contribution in [3.63, 3.8) is 0 Å². The lowest BCUT2D eigenvalue weighted by Gasteiger charge is -2.20. The Morgan fingerprint density at radius 1 is 1.09 bits per heavy atom. The minimum Gasteiger partial charge on any atom is -0.462 e. The van der Waals surface area contributed by atoms with Gasteiger partial charge in [0.25, 0.3) is 5.91 Å². The zero-order valence-corrected chi connectivity index (χ0v) is 21.2. The monoisotopic (exact) mass is 493 g/mol. The van der Waals surface area contributed by atoms with E-state index < -0.39 is 23.9 Å². The number of amides is 1. The van der Waals surface area contributed by atoms with Crippen LogP contribution in [0.1, 0.15) is 72.5 Å². The summed E-state index contributed by atoms with van der Waals surface area (Å²) >= 11 is 1.42. The van der Waals surface area contributed by atoms with Crippen molar-refractivity contribution >= 4 is 34.2 Å². The molecule has 7 heteroatoms. The fourth-order valence-electron chi connectivity index (χ4n) is 4.43. The summed E-state index contributed by atoms with van der Waals surface area (Å²) in [4.78, 5) is 40.4. The van der Waals surface area contributed by atoms with Crippen molar-refractivity contribution in [1.29, 1.82) is 0 Å². The van der Waals surface area contributed by atoms with Crippen LogP contribution in [0.25, 0.3) is 0 Å². The van der Waals surface area contributed by atoms with Crippen molar-refractivity contribution < 1.29 is 23.9 Å². The van der Waals surface area contributed by atoms with Crippen LogP contribution in [0.5, 0.6) is 0 Å². The number of carbonyl (C=O) groups is 3. The Morgan fingerprint density at radius 2 is 1.86 bits per heavy atom. The van der Waals surface area contributed by atoms with E-state index in [0.29, 0.717) is 34.0 Å². The molecule has 0 unspecified atom stereocenters. The normalized spacial score (nSPS) is 18.0. The van der Waals surface area contributed by atoms with E-state index in [-0.39, 0.29) is 6.61 Å². The molecule has 0 saturated heterocycles. The van der Waals surface area contributed by atoms with Gasteiger partial charge in [-0.3, -0.25) is 4.79 Å². The number of anilines is 1. The number of esters is 2. The maximum Gasteiger partial charge on any atom is 0.341 e. The zero-order chi connectivity index (χ0) is 24.9. The molecule has 6 nitrogen and oxygen atoms in total. The molecule has 2 aromatic rings. The highest BCUT2D eigenvalue weighted by Crippen LogP contribution is 2.40. The fourth-order valence-corrected chi connectivity index (χ4v) is 5.83. The molecule has 0 spiro atoms. The molecule has 4 rings (SSSR count). The standard InChI is InChI=1S/C28H31NO5S/c1-4-33-28(32)23-21-15-12-18(3)16-22(21)35-26(23)29-25(30)24(19-8-6-5-7-9-19)34-27(31)20-13-10-17(2)11-14-20/h5-10,13,18,24H,4,11-12,14-16H2,1-3H3,(H,29,30)/t18-,24+/m0/s1. The van der Waals surface area contributed by atoms with Crippen LogP contribution in [0.15, 0.2) is 53.6 Å². The molecule has 35 heavy (non-hydrogen) atoms. The average molecular weight is 494 g/mol. The number of nitrogens with one attached hydrogen (secondary N) is 1. The van der Waals surface area contributed by atoms with Crippen molar-refractivity contribution in [3.8, 4) is 0 Å². The Morgan fingerprint density at radius 3 is 2.54 bits per heavy atom. The van der Waals surface area contributed by atoms with Gasteiger partial charge in [-0.2, -0.15) is 0 Å². The van der Waals surface area contributed by atoms with Gasteiger partial charge in [0.1, 0.15) is 5.00 Å². The van der Waals surface area contributed by atoms with E-state index in [9.17, 15) is 14.4 Å². The lowest BCUT2D eigenvalue weighted by molar-refractivity contribution is -0.151. The predicted octanol–water partition coefficient (Wildman–Crippen LogP) is 5.94. The van der Waals surface area contributed by atoms with Gasteiger partial charge in [0, 0.05) is 16.0 Å². The average Bonchev–Trinajstić information content (AvgIpc) is 3.20. The zero-order valence-electron chi connectivity index (χ0n) is 20.4. The highest BCUT2D eigenvalue weighted by molar-refractivity contribution is 7.17. The molecule has 0 radical (unpaired) electrons. The van der Waals surface area contributed by atoms with Crippen molar-refractivity contribution in [2.45, 2.75) is 59.0 Å². The highest BCUT2D eigenvalue weighted by atomic mass is 32.1. The molecule has 1 amide bonds. The van der Waals surface area contributed by atoms with Crippen LogP contribution in [0, 0.1) is 5.92 Å². The van der Waals surface area contributed by atoms with Crippen LogP contribution in [0.2, 0.25) is 0 Å². The van der Waals surface area contributed by atoms with E-state index in [4.69, 9.17) is 9.47 Å². The molecule has 1 aromatic heterocycles. The molecular formula is C28H31NO5S. The van der Waals surface area contributed by atoms with Crippen LogP contribution < -0.4 is 5.32 Å². The number of hydrogen-bond acceptors (Lipinski definition) is 6. The van der Waals surface area contributed by atoms with Gasteiger partial charge in [-0.25, -0.2) is 9.59 Å². The van der Waals surface area contributed by atoms with Gasteiger partial charge < -0.3 is 14.8 Å². The van der Waals surface area contributed by atoms with E-state index in [0.717, 1.165) is 36.1 Å². The van der Waals surface area contributed by atoms with Gasteiger partial charge in [0.2, 0.25) is 6.10 Å². The molecule has 1 N–H and O–H groups in total. The number of fused-ring (bicyclic) bond motifs is 1. The van der Waals surface area contributed by atoms with Gasteiger partial charge in [-0.1, -0.05) is 55.0 Å². The second-order valence-electron chi connectivity index (χ2n) is 9.17. The summed E-state index contributed by atoms with van der Waals surface area (Å²) in [7, 11) is 0. The van der Waals surface area contributed by atoms with Gasteiger partial charge >= 0.3 is 11.9 Å².